The van der Waals surface area contributed by atoms with E-state index in [0.29, 0.717) is 0 Å². The van der Waals surface area contributed by atoms with E-state index in [4.69, 9.17) is 0 Å². The Balaban J connectivity index is 2.18. The van der Waals surface area contributed by atoms with Gasteiger partial charge in [-0.25, -0.2) is 4.98 Å². The monoisotopic (exact) mass is 311 g/mol. The van der Waals surface area contributed by atoms with Crippen molar-refractivity contribution in [2.45, 2.75) is 16.6 Å². The minimum atomic E-state index is 0.869. The Hall–Kier alpha value is -0.780. The maximum Gasteiger partial charge on any atom is 0.172 e. The Kier molecular flexibility index (Phi) is 4.25. The Morgan fingerprint density at radius 1 is 1.47 bits per heavy atom. The van der Waals surface area contributed by atoms with E-state index in [1.807, 2.05) is 31.1 Å². The van der Waals surface area contributed by atoms with Gasteiger partial charge in [0.05, 0.1) is 0 Å². The number of rotatable bonds is 4. The van der Waals surface area contributed by atoms with Gasteiger partial charge in [0.1, 0.15) is 0 Å². The van der Waals surface area contributed by atoms with Gasteiger partial charge in [-0.2, -0.15) is 0 Å². The molecule has 0 bridgehead atoms. The fourth-order valence-corrected chi connectivity index (χ4v) is 2.99. The molecule has 5 heteroatoms. The topological polar surface area (TPSA) is 29.9 Å². The lowest BCUT2D eigenvalue weighted by molar-refractivity contribution is 0.789. The molecule has 0 aliphatic rings. The number of hydrogen-bond donors (Lipinski definition) is 1. The van der Waals surface area contributed by atoms with Crippen LogP contribution >= 0.6 is 27.7 Å². The minimum Gasteiger partial charge on any atom is -0.329 e. The summed E-state index contributed by atoms with van der Waals surface area (Å²) in [6.45, 7) is 0.869. The average molecular weight is 312 g/mol. The summed E-state index contributed by atoms with van der Waals surface area (Å²) < 4.78 is 3.14. The summed E-state index contributed by atoms with van der Waals surface area (Å²) >= 11 is 5.25. The predicted octanol–water partition coefficient (Wildman–Crippen LogP) is 3.05. The lowest BCUT2D eigenvalue weighted by atomic mass is 10.2. The molecule has 2 rings (SSSR count). The van der Waals surface area contributed by atoms with Gasteiger partial charge < -0.3 is 9.88 Å². The van der Waals surface area contributed by atoms with Crippen molar-refractivity contribution < 1.29 is 0 Å². The zero-order chi connectivity index (χ0) is 12.3. The minimum absolute atomic E-state index is 0.869. The first-order chi connectivity index (χ1) is 8.20. The molecule has 1 aromatic carbocycles. The van der Waals surface area contributed by atoms with E-state index in [2.05, 4.69) is 44.4 Å². The molecule has 1 heterocycles. The van der Waals surface area contributed by atoms with E-state index >= 15 is 0 Å². The summed E-state index contributed by atoms with van der Waals surface area (Å²) in [6.07, 6.45) is 3.76. The van der Waals surface area contributed by atoms with Crippen LogP contribution in [0.1, 0.15) is 5.56 Å². The highest BCUT2D eigenvalue weighted by Gasteiger charge is 2.05. The number of hydrogen-bond acceptors (Lipinski definition) is 3. The summed E-state index contributed by atoms with van der Waals surface area (Å²) in [4.78, 5) is 5.48. The van der Waals surface area contributed by atoms with Crippen LogP contribution in [0.15, 0.2) is 45.1 Å². The summed E-state index contributed by atoms with van der Waals surface area (Å²) in [6, 6.07) is 6.38. The first-order valence-electron chi connectivity index (χ1n) is 5.29. The van der Waals surface area contributed by atoms with Crippen LogP contribution in [0.25, 0.3) is 0 Å². The van der Waals surface area contributed by atoms with E-state index < -0.39 is 0 Å². The summed E-state index contributed by atoms with van der Waals surface area (Å²) in [7, 11) is 3.95. The van der Waals surface area contributed by atoms with Gasteiger partial charge >= 0.3 is 0 Å². The van der Waals surface area contributed by atoms with Gasteiger partial charge in [-0.3, -0.25) is 0 Å². The van der Waals surface area contributed by atoms with Crippen molar-refractivity contribution in [2.75, 3.05) is 7.05 Å². The molecule has 0 amide bonds. The second-order valence-corrected chi connectivity index (χ2v) is 5.60. The summed E-state index contributed by atoms with van der Waals surface area (Å²) in [5.41, 5.74) is 1.26. The largest absolute Gasteiger partial charge is 0.329 e. The zero-order valence-corrected chi connectivity index (χ0v) is 12.2. The molecule has 1 aromatic heterocycles. The van der Waals surface area contributed by atoms with Crippen molar-refractivity contribution in [3.05, 3.63) is 40.6 Å². The fraction of sp³-hybridized carbons (Fsp3) is 0.250. The molecule has 3 nitrogen and oxygen atoms in total. The summed E-state index contributed by atoms with van der Waals surface area (Å²) in [5, 5.41) is 4.14. The lowest BCUT2D eigenvalue weighted by Crippen LogP contribution is -2.05. The molecule has 0 aliphatic carbocycles. The van der Waals surface area contributed by atoms with E-state index in [1.165, 1.54) is 10.5 Å². The van der Waals surface area contributed by atoms with Crippen molar-refractivity contribution in [2.24, 2.45) is 7.05 Å². The Morgan fingerprint density at radius 3 is 2.88 bits per heavy atom. The molecule has 2 aromatic rings. The summed E-state index contributed by atoms with van der Waals surface area (Å²) in [5.74, 6) is 0. The molecular weight excluding hydrogens is 298 g/mol. The van der Waals surface area contributed by atoms with Crippen molar-refractivity contribution in [1.82, 2.24) is 14.9 Å². The van der Waals surface area contributed by atoms with E-state index in [0.717, 1.165) is 16.2 Å². The van der Waals surface area contributed by atoms with E-state index in [1.54, 1.807) is 11.8 Å². The number of imidazole rings is 1. The third-order valence-electron chi connectivity index (χ3n) is 2.38. The molecule has 17 heavy (non-hydrogen) atoms. The first-order valence-corrected chi connectivity index (χ1v) is 6.90. The highest BCUT2D eigenvalue weighted by Crippen LogP contribution is 2.29. The standard InChI is InChI=1S/C12H14BrN3S/c1-14-8-9-3-4-10(7-11(9)13)17-12-15-5-6-16(12)2/h3-7,14H,8H2,1-2H3. The van der Waals surface area contributed by atoms with Crippen LogP contribution in [0.5, 0.6) is 0 Å². The maximum absolute atomic E-state index is 4.30. The molecule has 0 aliphatic heterocycles. The molecule has 0 unspecified atom stereocenters. The normalized spacial score (nSPS) is 10.8. The SMILES string of the molecule is CNCc1ccc(Sc2nccn2C)cc1Br. The number of nitrogens with zero attached hydrogens (tertiary/aromatic N) is 2. The molecule has 1 N–H and O–H groups in total. The first kappa shape index (κ1) is 12.7. The van der Waals surface area contributed by atoms with Crippen LogP contribution in [0.2, 0.25) is 0 Å². The molecule has 0 saturated heterocycles. The number of aryl methyl sites for hydroxylation is 1. The van der Waals surface area contributed by atoms with E-state index in [-0.39, 0.29) is 0 Å². The number of benzene rings is 1. The molecular formula is C12H14BrN3S. The maximum atomic E-state index is 4.30. The average Bonchev–Trinajstić information content (AvgIpc) is 2.69. The van der Waals surface area contributed by atoms with E-state index in [9.17, 15) is 0 Å². The van der Waals surface area contributed by atoms with Crippen molar-refractivity contribution >= 4 is 27.7 Å². The molecule has 0 saturated carbocycles. The highest BCUT2D eigenvalue weighted by atomic mass is 79.9. The molecule has 0 radical (unpaired) electrons. The smallest absolute Gasteiger partial charge is 0.172 e. The van der Waals surface area contributed by atoms with Crippen molar-refractivity contribution in [1.29, 1.82) is 0 Å². The molecule has 0 fully saturated rings. The Bertz CT molecular complexity index is 510. The van der Waals surface area contributed by atoms with Crippen LogP contribution in [0.4, 0.5) is 0 Å². The number of aromatic nitrogens is 2. The van der Waals surface area contributed by atoms with Gasteiger partial charge in [-0.15, -0.1) is 0 Å². The lowest BCUT2D eigenvalue weighted by Gasteiger charge is -2.06. The van der Waals surface area contributed by atoms with Crippen LogP contribution in [-0.4, -0.2) is 16.6 Å². The van der Waals surface area contributed by atoms with Crippen LogP contribution in [0.3, 0.4) is 0 Å². The second-order valence-electron chi connectivity index (χ2n) is 3.71. The van der Waals surface area contributed by atoms with Gasteiger partial charge in [0, 0.05) is 35.4 Å². The van der Waals surface area contributed by atoms with Crippen LogP contribution in [0, 0.1) is 0 Å². The van der Waals surface area contributed by atoms with Gasteiger partial charge in [-0.1, -0.05) is 33.8 Å². The molecule has 0 spiro atoms. The molecule has 0 atom stereocenters. The number of halogens is 1. The third kappa shape index (κ3) is 3.12. The third-order valence-corrected chi connectivity index (χ3v) is 4.18. The van der Waals surface area contributed by atoms with Gasteiger partial charge in [0.25, 0.3) is 0 Å². The fourth-order valence-electron chi connectivity index (χ4n) is 1.48. The van der Waals surface area contributed by atoms with Gasteiger partial charge in [0.2, 0.25) is 0 Å². The van der Waals surface area contributed by atoms with Crippen molar-refractivity contribution in [3.8, 4) is 0 Å². The van der Waals surface area contributed by atoms with Gasteiger partial charge in [-0.05, 0) is 24.7 Å². The molecule has 90 valence electrons. The van der Waals surface area contributed by atoms with Gasteiger partial charge in [0.15, 0.2) is 5.16 Å². The Morgan fingerprint density at radius 2 is 2.29 bits per heavy atom. The second kappa shape index (κ2) is 5.71. The Labute approximate surface area is 114 Å². The number of nitrogens with one attached hydrogen (secondary N) is 1. The van der Waals surface area contributed by atoms with Crippen LogP contribution < -0.4 is 5.32 Å². The van der Waals surface area contributed by atoms with Crippen LogP contribution in [-0.2, 0) is 13.6 Å². The quantitative estimate of drug-likeness (QED) is 0.941. The predicted molar refractivity (Wildman–Crippen MR) is 74.2 cm³/mol. The van der Waals surface area contributed by atoms with Crippen molar-refractivity contribution in [3.63, 3.8) is 0 Å². The zero-order valence-electron chi connectivity index (χ0n) is 9.77. The highest BCUT2D eigenvalue weighted by molar-refractivity contribution is 9.10.